The fourth-order valence-electron chi connectivity index (χ4n) is 1.71. The predicted molar refractivity (Wildman–Crippen MR) is 70.8 cm³/mol. The highest BCUT2D eigenvalue weighted by Crippen LogP contribution is 2.19. The summed E-state index contributed by atoms with van der Waals surface area (Å²) in [6.07, 6.45) is 1.58. The van der Waals surface area contributed by atoms with Crippen molar-refractivity contribution in [1.82, 2.24) is 9.55 Å². The summed E-state index contributed by atoms with van der Waals surface area (Å²) < 4.78 is 6.94. The van der Waals surface area contributed by atoms with Crippen LogP contribution < -0.4 is 10.3 Å². The second-order valence-electron chi connectivity index (χ2n) is 3.86. The quantitative estimate of drug-likeness (QED) is 0.829. The maximum Gasteiger partial charge on any atom is 0.253 e. The molecule has 1 aromatic carbocycles. The van der Waals surface area contributed by atoms with Gasteiger partial charge in [0.05, 0.1) is 18.6 Å². The Morgan fingerprint density at radius 3 is 2.50 bits per heavy atom. The van der Waals surface area contributed by atoms with E-state index < -0.39 is 0 Å². The van der Waals surface area contributed by atoms with Gasteiger partial charge in [0.1, 0.15) is 5.75 Å². The Morgan fingerprint density at radius 2 is 1.94 bits per heavy atom. The molecule has 2 rings (SSSR count). The first kappa shape index (κ1) is 12.4. The predicted octanol–water partition coefficient (Wildman–Crippen LogP) is 2.33. The Balaban J connectivity index is 2.31. The van der Waals surface area contributed by atoms with Gasteiger partial charge in [-0.1, -0.05) is 0 Å². The molecule has 0 amide bonds. The van der Waals surface area contributed by atoms with Crippen LogP contribution in [0.1, 0.15) is 13.8 Å². The Labute approximate surface area is 106 Å². The maximum atomic E-state index is 11.7. The third-order valence-corrected chi connectivity index (χ3v) is 2.68. The number of hydrogen-bond donors (Lipinski definition) is 0. The molecule has 0 spiro atoms. The summed E-state index contributed by atoms with van der Waals surface area (Å²) >= 11 is 0. The molecule has 0 radical (unpaired) electrons. The van der Waals surface area contributed by atoms with Gasteiger partial charge in [-0.3, -0.25) is 9.36 Å². The molecule has 1 aromatic heterocycles. The lowest BCUT2D eigenvalue weighted by Gasteiger charge is -2.05. The average molecular weight is 244 g/mol. The summed E-state index contributed by atoms with van der Waals surface area (Å²) in [5.74, 6) is 0.822. The van der Waals surface area contributed by atoms with E-state index in [-0.39, 0.29) is 5.56 Å². The molecule has 0 saturated carbocycles. The fourth-order valence-corrected chi connectivity index (χ4v) is 1.71. The van der Waals surface area contributed by atoms with Crippen molar-refractivity contribution in [2.24, 2.45) is 0 Å². The zero-order valence-corrected chi connectivity index (χ0v) is 10.6. The Morgan fingerprint density at radius 1 is 1.22 bits per heavy atom. The zero-order chi connectivity index (χ0) is 13.0. The molecule has 0 saturated heterocycles. The molecule has 4 nitrogen and oxygen atoms in total. The lowest BCUT2D eigenvalue weighted by molar-refractivity contribution is 0.340. The van der Waals surface area contributed by atoms with Gasteiger partial charge >= 0.3 is 0 Å². The van der Waals surface area contributed by atoms with E-state index in [1.165, 1.54) is 0 Å². The smallest absolute Gasteiger partial charge is 0.253 e. The average Bonchev–Trinajstić information content (AvgIpc) is 2.40. The highest BCUT2D eigenvalue weighted by atomic mass is 16.5. The zero-order valence-electron chi connectivity index (χ0n) is 10.6. The van der Waals surface area contributed by atoms with Crippen LogP contribution in [0.5, 0.6) is 5.75 Å². The van der Waals surface area contributed by atoms with Crippen molar-refractivity contribution >= 4 is 0 Å². The molecule has 0 aliphatic rings. The molecule has 0 fully saturated rings. The van der Waals surface area contributed by atoms with Gasteiger partial charge < -0.3 is 4.74 Å². The minimum absolute atomic E-state index is 0.0311. The van der Waals surface area contributed by atoms with Crippen molar-refractivity contribution in [1.29, 1.82) is 0 Å². The Kier molecular flexibility index (Phi) is 3.77. The van der Waals surface area contributed by atoms with Crippen molar-refractivity contribution in [3.8, 4) is 17.0 Å². The van der Waals surface area contributed by atoms with Crippen LogP contribution in [0, 0.1) is 0 Å². The first-order chi connectivity index (χ1) is 8.74. The normalized spacial score (nSPS) is 10.3. The highest BCUT2D eigenvalue weighted by Gasteiger charge is 2.02. The first-order valence-corrected chi connectivity index (χ1v) is 6.04. The molecular weight excluding hydrogens is 228 g/mol. The van der Waals surface area contributed by atoms with Crippen molar-refractivity contribution in [3.63, 3.8) is 0 Å². The van der Waals surface area contributed by atoms with Gasteiger partial charge in [-0.15, -0.1) is 0 Å². The lowest BCUT2D eigenvalue weighted by Crippen LogP contribution is -2.18. The standard InChI is InChI=1S/C14H16N2O2/c1-3-16-10-15-13(9-14(16)17)11-5-7-12(8-6-11)18-4-2/h5-10H,3-4H2,1-2H3. The number of ether oxygens (including phenoxy) is 1. The number of aryl methyl sites for hydroxylation is 1. The monoisotopic (exact) mass is 244 g/mol. The summed E-state index contributed by atoms with van der Waals surface area (Å²) in [6.45, 7) is 5.14. The van der Waals surface area contributed by atoms with Gasteiger partial charge in [-0.2, -0.15) is 0 Å². The van der Waals surface area contributed by atoms with Crippen LogP contribution in [0.4, 0.5) is 0 Å². The molecule has 0 aliphatic carbocycles. The second-order valence-corrected chi connectivity index (χ2v) is 3.86. The van der Waals surface area contributed by atoms with Crippen molar-refractivity contribution in [2.75, 3.05) is 6.61 Å². The molecule has 0 aliphatic heterocycles. The van der Waals surface area contributed by atoms with E-state index in [1.807, 2.05) is 38.1 Å². The largest absolute Gasteiger partial charge is 0.494 e. The fraction of sp³-hybridized carbons (Fsp3) is 0.286. The van der Waals surface area contributed by atoms with Crippen LogP contribution in [0.2, 0.25) is 0 Å². The van der Waals surface area contributed by atoms with Crippen molar-refractivity contribution in [2.45, 2.75) is 20.4 Å². The lowest BCUT2D eigenvalue weighted by atomic mass is 10.1. The van der Waals surface area contributed by atoms with Crippen LogP contribution in [-0.4, -0.2) is 16.2 Å². The van der Waals surface area contributed by atoms with Crippen LogP contribution in [0.15, 0.2) is 41.5 Å². The number of hydrogen-bond acceptors (Lipinski definition) is 3. The molecule has 2 aromatic rings. The van der Waals surface area contributed by atoms with Crippen LogP contribution in [-0.2, 0) is 6.54 Å². The van der Waals surface area contributed by atoms with Gasteiger partial charge in [0, 0.05) is 18.2 Å². The first-order valence-electron chi connectivity index (χ1n) is 6.04. The van der Waals surface area contributed by atoms with Gasteiger partial charge in [0.25, 0.3) is 5.56 Å². The number of rotatable bonds is 4. The van der Waals surface area contributed by atoms with E-state index in [0.29, 0.717) is 18.8 Å². The molecule has 94 valence electrons. The van der Waals surface area contributed by atoms with Crippen molar-refractivity contribution < 1.29 is 4.74 Å². The summed E-state index contributed by atoms with van der Waals surface area (Å²) in [6, 6.07) is 9.13. The number of nitrogens with zero attached hydrogens (tertiary/aromatic N) is 2. The Bertz CT molecular complexity index is 573. The van der Waals surface area contributed by atoms with E-state index in [2.05, 4.69) is 4.98 Å². The maximum absolute atomic E-state index is 11.7. The van der Waals surface area contributed by atoms with Gasteiger partial charge in [0.15, 0.2) is 0 Å². The van der Waals surface area contributed by atoms with E-state index in [0.717, 1.165) is 11.3 Å². The van der Waals surface area contributed by atoms with Gasteiger partial charge in [-0.25, -0.2) is 4.98 Å². The molecule has 18 heavy (non-hydrogen) atoms. The van der Waals surface area contributed by atoms with E-state index in [1.54, 1.807) is 17.0 Å². The van der Waals surface area contributed by atoms with E-state index in [4.69, 9.17) is 4.74 Å². The summed E-state index contributed by atoms with van der Waals surface area (Å²) in [5.41, 5.74) is 1.57. The molecule has 0 N–H and O–H groups in total. The molecule has 0 unspecified atom stereocenters. The van der Waals surface area contributed by atoms with Gasteiger partial charge in [0.2, 0.25) is 0 Å². The SMILES string of the molecule is CCOc1ccc(-c2cc(=O)n(CC)cn2)cc1. The molecule has 0 atom stereocenters. The van der Waals surface area contributed by atoms with Crippen LogP contribution in [0.25, 0.3) is 11.3 Å². The minimum Gasteiger partial charge on any atom is -0.494 e. The third-order valence-electron chi connectivity index (χ3n) is 2.68. The van der Waals surface area contributed by atoms with Gasteiger partial charge in [-0.05, 0) is 38.1 Å². The summed E-state index contributed by atoms with van der Waals surface area (Å²) in [4.78, 5) is 16.0. The van der Waals surface area contributed by atoms with Crippen LogP contribution in [0.3, 0.4) is 0 Å². The summed E-state index contributed by atoms with van der Waals surface area (Å²) in [7, 11) is 0. The van der Waals surface area contributed by atoms with Crippen molar-refractivity contribution in [3.05, 3.63) is 47.0 Å². The summed E-state index contributed by atoms with van der Waals surface area (Å²) in [5, 5.41) is 0. The third kappa shape index (κ3) is 2.59. The topological polar surface area (TPSA) is 44.1 Å². The van der Waals surface area contributed by atoms with E-state index >= 15 is 0 Å². The second kappa shape index (κ2) is 5.49. The molecular formula is C14H16N2O2. The molecule has 4 heteroatoms. The number of benzene rings is 1. The van der Waals surface area contributed by atoms with Crippen LogP contribution >= 0.6 is 0 Å². The van der Waals surface area contributed by atoms with E-state index in [9.17, 15) is 4.79 Å². The Hall–Kier alpha value is -2.10. The number of aromatic nitrogens is 2. The highest BCUT2D eigenvalue weighted by molar-refractivity contribution is 5.59. The minimum atomic E-state index is -0.0311. The molecule has 0 bridgehead atoms. The molecule has 1 heterocycles.